The lowest BCUT2D eigenvalue weighted by Gasteiger charge is -2.19. The Morgan fingerprint density at radius 3 is 1.96 bits per heavy atom. The van der Waals surface area contributed by atoms with E-state index >= 15 is 0 Å². The van der Waals surface area contributed by atoms with E-state index in [2.05, 4.69) is 45.9 Å². The Morgan fingerprint density at radius 1 is 0.792 bits per heavy atom. The van der Waals surface area contributed by atoms with E-state index in [1.807, 2.05) is 0 Å². The summed E-state index contributed by atoms with van der Waals surface area (Å²) in [6, 6.07) is 6.41. The summed E-state index contributed by atoms with van der Waals surface area (Å²) in [7, 11) is -0.298. The summed E-state index contributed by atoms with van der Waals surface area (Å²) in [5, 5.41) is 0. The molecule has 0 aromatic heterocycles. The van der Waals surface area contributed by atoms with Gasteiger partial charge in [-0.25, -0.2) is 0 Å². The maximum absolute atomic E-state index is 6.32. The molecule has 0 aliphatic rings. The van der Waals surface area contributed by atoms with Crippen molar-refractivity contribution in [3.63, 3.8) is 0 Å². The molecule has 0 radical (unpaired) electrons. The molecule has 0 spiro atoms. The Morgan fingerprint density at radius 2 is 1.38 bits per heavy atom. The second-order valence-electron chi connectivity index (χ2n) is 6.99. The molecule has 1 atom stereocenters. The molecular weight excluding hydrogens is 311 g/mol. The van der Waals surface area contributed by atoms with E-state index in [1.165, 1.54) is 87.7 Å². The van der Waals surface area contributed by atoms with Gasteiger partial charge in [-0.2, -0.15) is 0 Å². The van der Waals surface area contributed by atoms with E-state index in [0.717, 1.165) is 5.75 Å². The van der Waals surface area contributed by atoms with E-state index < -0.39 is 0 Å². The highest BCUT2D eigenvalue weighted by Gasteiger charge is 2.10. The van der Waals surface area contributed by atoms with Gasteiger partial charge in [-0.1, -0.05) is 83.8 Å². The molecule has 1 nitrogen and oxygen atoms in total. The third-order valence-electron chi connectivity index (χ3n) is 4.90. The van der Waals surface area contributed by atoms with Crippen LogP contribution in [-0.2, 0) is 0 Å². The lowest BCUT2D eigenvalue weighted by Crippen LogP contribution is -1.98. The number of aryl methyl sites for hydroxylation is 1. The second kappa shape index (κ2) is 13.7. The molecule has 0 N–H and O–H groups in total. The number of hydrogen-bond acceptors (Lipinski definition) is 1. The van der Waals surface area contributed by atoms with Gasteiger partial charge in [-0.3, -0.25) is 0 Å². The largest absolute Gasteiger partial charge is 0.474 e. The van der Waals surface area contributed by atoms with E-state index in [4.69, 9.17) is 4.52 Å². The Balaban J connectivity index is 2.11. The van der Waals surface area contributed by atoms with Crippen molar-refractivity contribution in [1.29, 1.82) is 0 Å². The smallest absolute Gasteiger partial charge is 0.126 e. The van der Waals surface area contributed by atoms with Crippen LogP contribution in [0.3, 0.4) is 0 Å². The van der Waals surface area contributed by atoms with Crippen LogP contribution < -0.4 is 4.52 Å². The summed E-state index contributed by atoms with van der Waals surface area (Å²) in [5.74, 6) is 1.11. The first-order valence-corrected chi connectivity index (χ1v) is 11.8. The first kappa shape index (κ1) is 21.5. The number of rotatable bonds is 14. The molecule has 1 unspecified atom stereocenters. The third kappa shape index (κ3) is 9.07. The SMILES string of the molecule is CCCCCCCCCCCCP(CC)Oc1cccc(C)c1C. The van der Waals surface area contributed by atoms with Gasteiger partial charge in [0.15, 0.2) is 0 Å². The summed E-state index contributed by atoms with van der Waals surface area (Å²) in [6.45, 7) is 8.90. The maximum atomic E-state index is 6.32. The molecule has 0 saturated heterocycles. The van der Waals surface area contributed by atoms with Gasteiger partial charge in [0.25, 0.3) is 0 Å². The molecule has 0 amide bonds. The van der Waals surface area contributed by atoms with Crippen LogP contribution in [0.5, 0.6) is 5.75 Å². The fourth-order valence-corrected chi connectivity index (χ4v) is 4.59. The zero-order valence-corrected chi connectivity index (χ0v) is 17.5. The van der Waals surface area contributed by atoms with E-state index in [9.17, 15) is 0 Å². The lowest BCUT2D eigenvalue weighted by atomic mass is 10.1. The molecule has 0 heterocycles. The second-order valence-corrected chi connectivity index (χ2v) is 9.22. The van der Waals surface area contributed by atoms with Crippen LogP contribution in [0.1, 0.15) is 89.2 Å². The van der Waals surface area contributed by atoms with Gasteiger partial charge in [0, 0.05) is 12.3 Å². The van der Waals surface area contributed by atoms with Crippen molar-refractivity contribution >= 4 is 8.15 Å². The van der Waals surface area contributed by atoms with Crippen molar-refractivity contribution in [2.24, 2.45) is 0 Å². The number of benzene rings is 1. The molecule has 24 heavy (non-hydrogen) atoms. The van der Waals surface area contributed by atoms with Crippen LogP contribution >= 0.6 is 8.15 Å². The van der Waals surface area contributed by atoms with Gasteiger partial charge in [0.1, 0.15) is 5.75 Å². The van der Waals surface area contributed by atoms with Crippen LogP contribution in [0.25, 0.3) is 0 Å². The van der Waals surface area contributed by atoms with E-state index in [0.29, 0.717) is 0 Å². The fourth-order valence-electron chi connectivity index (χ4n) is 3.01. The van der Waals surface area contributed by atoms with Crippen molar-refractivity contribution in [2.45, 2.75) is 91.9 Å². The average molecular weight is 351 g/mol. The van der Waals surface area contributed by atoms with Gasteiger partial charge in [0.05, 0.1) is 8.15 Å². The Bertz CT molecular complexity index is 430. The molecule has 0 saturated carbocycles. The molecule has 0 aliphatic heterocycles. The quantitative estimate of drug-likeness (QED) is 0.244. The highest BCUT2D eigenvalue weighted by molar-refractivity contribution is 7.52. The minimum Gasteiger partial charge on any atom is -0.474 e. The average Bonchev–Trinajstić information content (AvgIpc) is 2.59. The number of unbranched alkanes of at least 4 members (excludes halogenated alkanes) is 9. The van der Waals surface area contributed by atoms with Gasteiger partial charge in [-0.05, 0) is 37.5 Å². The predicted molar refractivity (Wildman–Crippen MR) is 111 cm³/mol. The van der Waals surface area contributed by atoms with E-state index in [-0.39, 0.29) is 8.15 Å². The minimum atomic E-state index is -0.298. The molecule has 2 heteroatoms. The van der Waals surface area contributed by atoms with Crippen molar-refractivity contribution in [3.8, 4) is 5.75 Å². The monoisotopic (exact) mass is 350 g/mol. The first-order valence-electron chi connectivity index (χ1n) is 10.2. The number of hydrogen-bond donors (Lipinski definition) is 0. The Kier molecular flexibility index (Phi) is 12.3. The summed E-state index contributed by atoms with van der Waals surface area (Å²) in [6.07, 6.45) is 16.5. The summed E-state index contributed by atoms with van der Waals surface area (Å²) >= 11 is 0. The fraction of sp³-hybridized carbons (Fsp3) is 0.727. The van der Waals surface area contributed by atoms with Crippen molar-refractivity contribution in [3.05, 3.63) is 29.3 Å². The highest BCUT2D eigenvalue weighted by Crippen LogP contribution is 2.40. The molecule has 0 fully saturated rings. The summed E-state index contributed by atoms with van der Waals surface area (Å²) < 4.78 is 6.32. The van der Waals surface area contributed by atoms with Crippen molar-refractivity contribution in [2.75, 3.05) is 12.3 Å². The first-order chi connectivity index (χ1) is 11.7. The Labute approximate surface area is 152 Å². The van der Waals surface area contributed by atoms with Crippen molar-refractivity contribution < 1.29 is 4.52 Å². The van der Waals surface area contributed by atoms with Gasteiger partial charge >= 0.3 is 0 Å². The maximum Gasteiger partial charge on any atom is 0.126 e. The Hall–Kier alpha value is -0.550. The van der Waals surface area contributed by atoms with Crippen LogP contribution in [-0.4, -0.2) is 12.3 Å². The van der Waals surface area contributed by atoms with Crippen LogP contribution in [0, 0.1) is 13.8 Å². The summed E-state index contributed by atoms with van der Waals surface area (Å²) in [4.78, 5) is 0. The van der Waals surface area contributed by atoms with Gasteiger partial charge in [0.2, 0.25) is 0 Å². The van der Waals surface area contributed by atoms with Crippen LogP contribution in [0.2, 0.25) is 0 Å². The predicted octanol–water partition coefficient (Wildman–Crippen LogP) is 8.02. The van der Waals surface area contributed by atoms with Crippen LogP contribution in [0.4, 0.5) is 0 Å². The molecule has 0 bridgehead atoms. The molecule has 1 aromatic rings. The van der Waals surface area contributed by atoms with Gasteiger partial charge in [-0.15, -0.1) is 0 Å². The zero-order valence-electron chi connectivity index (χ0n) is 16.6. The lowest BCUT2D eigenvalue weighted by molar-refractivity contribution is 0.559. The summed E-state index contributed by atoms with van der Waals surface area (Å²) in [5.41, 5.74) is 2.64. The minimum absolute atomic E-state index is 0.298. The van der Waals surface area contributed by atoms with E-state index in [1.54, 1.807) is 0 Å². The zero-order chi connectivity index (χ0) is 17.6. The molecule has 1 rings (SSSR count). The standard InChI is InChI=1S/C22H39OP/c1-5-7-8-9-10-11-12-13-14-15-19-24(6-2)23-22-18-16-17-20(3)21(22)4/h16-18H,5-15,19H2,1-4H3. The normalized spacial score (nSPS) is 12.3. The molecule has 1 aromatic carbocycles. The molecular formula is C22H39OP. The van der Waals surface area contributed by atoms with Gasteiger partial charge < -0.3 is 4.52 Å². The third-order valence-corrected chi connectivity index (χ3v) is 6.87. The molecule has 138 valence electrons. The van der Waals surface area contributed by atoms with Crippen LogP contribution in [0.15, 0.2) is 18.2 Å². The topological polar surface area (TPSA) is 9.23 Å². The molecule has 0 aliphatic carbocycles. The highest BCUT2D eigenvalue weighted by atomic mass is 31.1. The van der Waals surface area contributed by atoms with Crippen molar-refractivity contribution in [1.82, 2.24) is 0 Å².